The molecule has 1 aliphatic rings. The number of aryl methyl sites for hydroxylation is 1. The Morgan fingerprint density at radius 3 is 2.85 bits per heavy atom. The zero-order valence-electron chi connectivity index (χ0n) is 13.1. The van der Waals surface area contributed by atoms with Crippen LogP contribution >= 0.6 is 0 Å². The largest absolute Gasteiger partial charge is 0.378 e. The topological polar surface area (TPSA) is 39.1 Å². The average Bonchev–Trinajstić information content (AvgIpc) is 2.84. The molecule has 4 nitrogen and oxygen atoms in total. The summed E-state index contributed by atoms with van der Waals surface area (Å²) in [6.07, 6.45) is 9.52. The van der Waals surface area contributed by atoms with Crippen LogP contribution < -0.4 is 5.32 Å². The fourth-order valence-corrected chi connectivity index (χ4v) is 3.07. The van der Waals surface area contributed by atoms with Gasteiger partial charge in [-0.3, -0.25) is 4.68 Å². The first-order chi connectivity index (χ1) is 9.76. The van der Waals surface area contributed by atoms with E-state index in [1.807, 2.05) is 6.20 Å². The highest BCUT2D eigenvalue weighted by Crippen LogP contribution is 2.36. The lowest BCUT2D eigenvalue weighted by atomic mass is 9.77. The molecular weight excluding hydrogens is 250 g/mol. The molecule has 1 aromatic heterocycles. The van der Waals surface area contributed by atoms with Crippen molar-refractivity contribution in [2.45, 2.75) is 65.1 Å². The van der Waals surface area contributed by atoms with E-state index in [-0.39, 0.29) is 0 Å². The molecule has 4 heteroatoms. The summed E-state index contributed by atoms with van der Waals surface area (Å²) in [5.41, 5.74) is 1.33. The van der Waals surface area contributed by atoms with Gasteiger partial charge < -0.3 is 10.1 Å². The second kappa shape index (κ2) is 7.79. The van der Waals surface area contributed by atoms with E-state index in [0.717, 1.165) is 32.0 Å². The zero-order chi connectivity index (χ0) is 14.4. The lowest BCUT2D eigenvalue weighted by Crippen LogP contribution is -2.34. The van der Waals surface area contributed by atoms with Gasteiger partial charge in [0.25, 0.3) is 0 Å². The van der Waals surface area contributed by atoms with Crippen LogP contribution in [0.15, 0.2) is 12.4 Å². The first-order valence-corrected chi connectivity index (χ1v) is 8.14. The van der Waals surface area contributed by atoms with Gasteiger partial charge >= 0.3 is 0 Å². The normalized spacial score (nSPS) is 23.6. The fraction of sp³-hybridized carbons (Fsp3) is 0.812. The maximum Gasteiger partial charge on any atom is 0.0580 e. The maximum absolute atomic E-state index is 5.65. The third-order valence-electron chi connectivity index (χ3n) is 4.12. The van der Waals surface area contributed by atoms with Crippen LogP contribution in [0, 0.1) is 5.92 Å². The summed E-state index contributed by atoms with van der Waals surface area (Å²) in [5.74, 6) is 0.796. The Morgan fingerprint density at radius 2 is 2.20 bits per heavy atom. The Balaban J connectivity index is 1.86. The summed E-state index contributed by atoms with van der Waals surface area (Å²) in [4.78, 5) is 0. The summed E-state index contributed by atoms with van der Waals surface area (Å²) in [6.45, 7) is 9.30. The molecule has 0 radical (unpaired) electrons. The molecule has 114 valence electrons. The van der Waals surface area contributed by atoms with Crippen LogP contribution in [0.5, 0.6) is 0 Å². The highest BCUT2D eigenvalue weighted by Gasteiger charge is 2.31. The van der Waals surface area contributed by atoms with Crippen LogP contribution in [0.2, 0.25) is 0 Å². The molecule has 1 atom stereocenters. The molecule has 0 aliphatic heterocycles. The monoisotopic (exact) mass is 279 g/mol. The van der Waals surface area contributed by atoms with E-state index >= 15 is 0 Å². The van der Waals surface area contributed by atoms with Gasteiger partial charge in [-0.1, -0.05) is 13.8 Å². The molecule has 1 N–H and O–H groups in total. The van der Waals surface area contributed by atoms with Crippen molar-refractivity contribution < 1.29 is 4.74 Å². The minimum absolute atomic E-state index is 0.443. The lowest BCUT2D eigenvalue weighted by Gasteiger charge is -2.37. The summed E-state index contributed by atoms with van der Waals surface area (Å²) >= 11 is 0. The molecule has 0 bridgehead atoms. The molecule has 0 saturated heterocycles. The van der Waals surface area contributed by atoms with Gasteiger partial charge in [0.05, 0.1) is 12.3 Å². The molecular formula is C16H29N3O. The predicted octanol–water partition coefficient (Wildman–Crippen LogP) is 3.15. The smallest absolute Gasteiger partial charge is 0.0580 e. The third-order valence-corrected chi connectivity index (χ3v) is 4.12. The second-order valence-electron chi connectivity index (χ2n) is 5.80. The molecule has 1 heterocycles. The van der Waals surface area contributed by atoms with Gasteiger partial charge in [0, 0.05) is 31.0 Å². The van der Waals surface area contributed by atoms with E-state index < -0.39 is 0 Å². The summed E-state index contributed by atoms with van der Waals surface area (Å²) in [7, 11) is 0. The molecule has 0 spiro atoms. The summed E-state index contributed by atoms with van der Waals surface area (Å²) in [5, 5.41) is 8.06. The van der Waals surface area contributed by atoms with Gasteiger partial charge in [-0.15, -0.1) is 0 Å². The van der Waals surface area contributed by atoms with Crippen LogP contribution in [-0.2, 0) is 11.3 Å². The summed E-state index contributed by atoms with van der Waals surface area (Å²) < 4.78 is 7.71. The molecule has 20 heavy (non-hydrogen) atoms. The van der Waals surface area contributed by atoms with Gasteiger partial charge in [0.15, 0.2) is 0 Å². The number of ether oxygens (including phenoxy) is 1. The van der Waals surface area contributed by atoms with Crippen LogP contribution in [0.25, 0.3) is 0 Å². The molecule has 1 fully saturated rings. The number of nitrogens with one attached hydrogen (secondary N) is 1. The van der Waals surface area contributed by atoms with Crippen LogP contribution in [0.3, 0.4) is 0 Å². The lowest BCUT2D eigenvalue weighted by molar-refractivity contribution is -0.0291. The van der Waals surface area contributed by atoms with Gasteiger partial charge in [0.2, 0.25) is 0 Å². The van der Waals surface area contributed by atoms with Gasteiger partial charge in [-0.25, -0.2) is 0 Å². The van der Waals surface area contributed by atoms with Crippen LogP contribution in [-0.4, -0.2) is 29.0 Å². The van der Waals surface area contributed by atoms with Gasteiger partial charge in [-0.2, -0.15) is 5.10 Å². The number of rotatable bonds is 9. The Bertz CT molecular complexity index is 385. The number of hydrogen-bond donors (Lipinski definition) is 1. The first-order valence-electron chi connectivity index (χ1n) is 8.14. The van der Waals surface area contributed by atoms with Crippen molar-refractivity contribution in [3.8, 4) is 0 Å². The zero-order valence-corrected chi connectivity index (χ0v) is 13.1. The quantitative estimate of drug-likeness (QED) is 0.755. The van der Waals surface area contributed by atoms with Crippen LogP contribution in [0.4, 0.5) is 0 Å². The fourth-order valence-electron chi connectivity index (χ4n) is 3.07. The van der Waals surface area contributed by atoms with Crippen LogP contribution in [0.1, 0.15) is 58.1 Å². The minimum atomic E-state index is 0.443. The first kappa shape index (κ1) is 15.5. The number of nitrogens with zero attached hydrogens (tertiary/aromatic N) is 2. The van der Waals surface area contributed by atoms with E-state index in [9.17, 15) is 0 Å². The van der Waals surface area contributed by atoms with Gasteiger partial charge in [-0.05, 0) is 45.1 Å². The maximum atomic E-state index is 5.65. The number of hydrogen-bond acceptors (Lipinski definition) is 3. The van der Waals surface area contributed by atoms with Crippen molar-refractivity contribution in [3.05, 3.63) is 18.0 Å². The van der Waals surface area contributed by atoms with Crippen molar-refractivity contribution in [1.29, 1.82) is 0 Å². The Labute approximate surface area is 122 Å². The molecule has 2 rings (SSSR count). The molecule has 1 aromatic rings. The Morgan fingerprint density at radius 1 is 1.40 bits per heavy atom. The molecule has 1 aliphatic carbocycles. The molecule has 0 amide bonds. The Hall–Kier alpha value is -0.870. The van der Waals surface area contributed by atoms with E-state index in [4.69, 9.17) is 4.74 Å². The molecule has 0 aromatic carbocycles. The van der Waals surface area contributed by atoms with E-state index in [1.54, 1.807) is 0 Å². The van der Waals surface area contributed by atoms with E-state index in [2.05, 4.69) is 42.1 Å². The average molecular weight is 279 g/mol. The molecule has 1 unspecified atom stereocenters. The van der Waals surface area contributed by atoms with Crippen molar-refractivity contribution in [1.82, 2.24) is 15.1 Å². The highest BCUT2D eigenvalue weighted by molar-refractivity contribution is 5.11. The highest BCUT2D eigenvalue weighted by atomic mass is 16.5. The van der Waals surface area contributed by atoms with E-state index in [0.29, 0.717) is 12.1 Å². The van der Waals surface area contributed by atoms with E-state index in [1.165, 1.54) is 24.8 Å². The van der Waals surface area contributed by atoms with Crippen molar-refractivity contribution >= 4 is 0 Å². The SMILES string of the molecule is CCCn1cc(C(CC2CC(OCC)C2)NCC)cn1. The third kappa shape index (κ3) is 4.06. The predicted molar refractivity (Wildman–Crippen MR) is 81.7 cm³/mol. The van der Waals surface area contributed by atoms with Crippen molar-refractivity contribution in [3.63, 3.8) is 0 Å². The standard InChI is InChI=1S/C16H29N3O/c1-4-7-19-12-14(11-18-19)16(17-5-2)10-13-8-15(9-13)20-6-3/h11-13,15-17H,4-10H2,1-3H3. The van der Waals surface area contributed by atoms with Gasteiger partial charge in [0.1, 0.15) is 0 Å². The second-order valence-corrected chi connectivity index (χ2v) is 5.80. The Kier molecular flexibility index (Phi) is 6.05. The van der Waals surface area contributed by atoms with Crippen molar-refractivity contribution in [2.75, 3.05) is 13.2 Å². The molecule has 1 saturated carbocycles. The minimum Gasteiger partial charge on any atom is -0.378 e. The van der Waals surface area contributed by atoms with Crippen molar-refractivity contribution in [2.24, 2.45) is 5.92 Å². The summed E-state index contributed by atoms with van der Waals surface area (Å²) in [6, 6.07) is 0.443. The number of aromatic nitrogens is 2.